The summed E-state index contributed by atoms with van der Waals surface area (Å²) in [5.74, 6) is -1.40. The summed E-state index contributed by atoms with van der Waals surface area (Å²) >= 11 is 0. The van der Waals surface area contributed by atoms with E-state index in [2.05, 4.69) is 11.3 Å². The van der Waals surface area contributed by atoms with Crippen LogP contribution in [-0.2, 0) is 14.3 Å². The van der Waals surface area contributed by atoms with Crippen LogP contribution in [0.1, 0.15) is 12.8 Å². The van der Waals surface area contributed by atoms with Crippen molar-refractivity contribution in [1.29, 1.82) is 0 Å². The standard InChI is InChI=1S/C8H11NO3/c1-2-12-8(11)7(10)9-5-3-4-6-9/h2H,1,3-6H2. The van der Waals surface area contributed by atoms with Gasteiger partial charge in [0.15, 0.2) is 0 Å². The molecule has 1 aliphatic rings. The van der Waals surface area contributed by atoms with Crippen LogP contribution in [0.25, 0.3) is 0 Å². The van der Waals surface area contributed by atoms with Gasteiger partial charge >= 0.3 is 11.9 Å². The summed E-state index contributed by atoms with van der Waals surface area (Å²) in [6.07, 6.45) is 2.90. The van der Waals surface area contributed by atoms with Crippen molar-refractivity contribution in [2.24, 2.45) is 0 Å². The van der Waals surface area contributed by atoms with Gasteiger partial charge in [0.1, 0.15) is 0 Å². The Bertz CT molecular complexity index is 206. The van der Waals surface area contributed by atoms with Crippen LogP contribution in [0.15, 0.2) is 12.8 Å². The van der Waals surface area contributed by atoms with Crippen LogP contribution in [0.4, 0.5) is 0 Å². The van der Waals surface area contributed by atoms with E-state index in [1.165, 1.54) is 4.90 Å². The average molecular weight is 169 g/mol. The summed E-state index contributed by atoms with van der Waals surface area (Å²) in [6, 6.07) is 0. The third-order valence-corrected chi connectivity index (χ3v) is 1.76. The minimum absolute atomic E-state index is 0.563. The van der Waals surface area contributed by atoms with Crippen molar-refractivity contribution in [1.82, 2.24) is 4.90 Å². The number of hydrogen-bond donors (Lipinski definition) is 0. The van der Waals surface area contributed by atoms with Gasteiger partial charge in [0.05, 0.1) is 6.26 Å². The summed E-state index contributed by atoms with van der Waals surface area (Å²) in [4.78, 5) is 23.5. The van der Waals surface area contributed by atoms with Crippen LogP contribution in [0, 0.1) is 0 Å². The van der Waals surface area contributed by atoms with Crippen LogP contribution in [0.2, 0.25) is 0 Å². The molecule has 0 N–H and O–H groups in total. The molecule has 1 amide bonds. The second kappa shape index (κ2) is 3.90. The van der Waals surface area contributed by atoms with Gasteiger partial charge in [-0.3, -0.25) is 4.79 Å². The molecule has 0 saturated carbocycles. The Labute approximate surface area is 70.8 Å². The molecule has 0 aromatic heterocycles. The molecule has 66 valence electrons. The first-order valence-corrected chi connectivity index (χ1v) is 3.86. The molecule has 0 spiro atoms. The maximum absolute atomic E-state index is 11.1. The van der Waals surface area contributed by atoms with E-state index in [1.54, 1.807) is 0 Å². The predicted molar refractivity (Wildman–Crippen MR) is 42.1 cm³/mol. The number of likely N-dealkylation sites (tertiary alicyclic amines) is 1. The highest BCUT2D eigenvalue weighted by Crippen LogP contribution is 2.07. The minimum atomic E-state index is -0.841. The highest BCUT2D eigenvalue weighted by molar-refractivity contribution is 6.32. The van der Waals surface area contributed by atoms with E-state index in [9.17, 15) is 9.59 Å². The van der Waals surface area contributed by atoms with Gasteiger partial charge in [0.25, 0.3) is 0 Å². The lowest BCUT2D eigenvalue weighted by atomic mass is 10.4. The van der Waals surface area contributed by atoms with E-state index in [0.717, 1.165) is 19.1 Å². The van der Waals surface area contributed by atoms with E-state index in [-0.39, 0.29) is 0 Å². The number of nitrogens with zero attached hydrogens (tertiary/aromatic N) is 1. The largest absolute Gasteiger partial charge is 0.428 e. The fraction of sp³-hybridized carbons (Fsp3) is 0.500. The van der Waals surface area contributed by atoms with Gasteiger partial charge in [-0.15, -0.1) is 0 Å². The van der Waals surface area contributed by atoms with E-state index >= 15 is 0 Å². The number of rotatable bonds is 1. The van der Waals surface area contributed by atoms with E-state index < -0.39 is 11.9 Å². The van der Waals surface area contributed by atoms with E-state index in [0.29, 0.717) is 13.1 Å². The smallest absolute Gasteiger partial charge is 0.401 e. The zero-order chi connectivity index (χ0) is 8.97. The maximum atomic E-state index is 11.1. The lowest BCUT2D eigenvalue weighted by molar-refractivity contribution is -0.155. The maximum Gasteiger partial charge on any atom is 0.401 e. The third-order valence-electron chi connectivity index (χ3n) is 1.76. The number of esters is 1. The zero-order valence-electron chi connectivity index (χ0n) is 6.78. The Morgan fingerprint density at radius 3 is 2.42 bits per heavy atom. The van der Waals surface area contributed by atoms with Crippen molar-refractivity contribution in [3.8, 4) is 0 Å². The van der Waals surface area contributed by atoms with Crippen molar-refractivity contribution in [3.05, 3.63) is 12.8 Å². The van der Waals surface area contributed by atoms with Gasteiger partial charge in [0, 0.05) is 13.1 Å². The van der Waals surface area contributed by atoms with Crippen LogP contribution >= 0.6 is 0 Å². The molecule has 4 nitrogen and oxygen atoms in total. The van der Waals surface area contributed by atoms with Crippen LogP contribution in [-0.4, -0.2) is 29.9 Å². The Kier molecular flexibility index (Phi) is 2.85. The van der Waals surface area contributed by atoms with Gasteiger partial charge in [-0.05, 0) is 12.8 Å². The number of hydrogen-bond acceptors (Lipinski definition) is 3. The predicted octanol–water partition coefficient (Wildman–Crippen LogP) is 0.295. The highest BCUT2D eigenvalue weighted by atomic mass is 16.5. The molecule has 0 aliphatic carbocycles. The van der Waals surface area contributed by atoms with Crippen molar-refractivity contribution >= 4 is 11.9 Å². The first-order chi connectivity index (χ1) is 5.75. The summed E-state index contributed by atoms with van der Waals surface area (Å²) in [5, 5.41) is 0. The SMILES string of the molecule is C=COC(=O)C(=O)N1CCCC1. The molecule has 0 unspecified atom stereocenters. The first-order valence-electron chi connectivity index (χ1n) is 3.86. The number of ether oxygens (including phenoxy) is 1. The summed E-state index contributed by atoms with van der Waals surface area (Å²) in [6.45, 7) is 4.51. The monoisotopic (exact) mass is 169 g/mol. The fourth-order valence-electron chi connectivity index (χ4n) is 1.18. The Morgan fingerprint density at radius 2 is 1.92 bits per heavy atom. The number of carbonyl (C=O) groups excluding carboxylic acids is 2. The van der Waals surface area contributed by atoms with Gasteiger partial charge in [-0.2, -0.15) is 0 Å². The fourth-order valence-corrected chi connectivity index (χ4v) is 1.18. The van der Waals surface area contributed by atoms with Gasteiger partial charge in [-0.1, -0.05) is 6.58 Å². The lowest BCUT2D eigenvalue weighted by Crippen LogP contribution is -2.34. The Morgan fingerprint density at radius 1 is 1.33 bits per heavy atom. The molecule has 0 atom stereocenters. The molecule has 4 heteroatoms. The summed E-state index contributed by atoms with van der Waals surface area (Å²) in [7, 11) is 0. The molecule has 12 heavy (non-hydrogen) atoms. The molecule has 0 bridgehead atoms. The normalized spacial score (nSPS) is 15.8. The Balaban J connectivity index is 2.45. The molecule has 0 aromatic rings. The van der Waals surface area contributed by atoms with Gasteiger partial charge < -0.3 is 9.64 Å². The van der Waals surface area contributed by atoms with Crippen molar-refractivity contribution in [3.63, 3.8) is 0 Å². The average Bonchev–Trinajstić information content (AvgIpc) is 2.55. The van der Waals surface area contributed by atoms with Crippen molar-refractivity contribution in [2.75, 3.05) is 13.1 Å². The van der Waals surface area contributed by atoms with Crippen LogP contribution < -0.4 is 0 Å². The van der Waals surface area contributed by atoms with Gasteiger partial charge in [-0.25, -0.2) is 4.79 Å². The van der Waals surface area contributed by atoms with Crippen molar-refractivity contribution < 1.29 is 14.3 Å². The molecule has 0 radical (unpaired) electrons. The van der Waals surface area contributed by atoms with Gasteiger partial charge in [0.2, 0.25) is 0 Å². The zero-order valence-corrected chi connectivity index (χ0v) is 6.78. The van der Waals surface area contributed by atoms with E-state index in [4.69, 9.17) is 0 Å². The van der Waals surface area contributed by atoms with E-state index in [1.807, 2.05) is 0 Å². The molecule has 1 aliphatic heterocycles. The second-order valence-corrected chi connectivity index (χ2v) is 2.57. The minimum Gasteiger partial charge on any atom is -0.428 e. The van der Waals surface area contributed by atoms with Crippen molar-refractivity contribution in [2.45, 2.75) is 12.8 Å². The molecule has 1 heterocycles. The molecule has 1 saturated heterocycles. The second-order valence-electron chi connectivity index (χ2n) is 2.57. The summed E-state index contributed by atoms with van der Waals surface area (Å²) < 4.78 is 4.35. The van der Waals surface area contributed by atoms with Crippen LogP contribution in [0.3, 0.4) is 0 Å². The highest BCUT2D eigenvalue weighted by Gasteiger charge is 2.24. The topological polar surface area (TPSA) is 46.6 Å². The molecular formula is C8H11NO3. The molecule has 1 rings (SSSR count). The molecular weight excluding hydrogens is 158 g/mol. The number of amides is 1. The Hall–Kier alpha value is -1.32. The quantitative estimate of drug-likeness (QED) is 0.322. The third kappa shape index (κ3) is 1.84. The lowest BCUT2D eigenvalue weighted by Gasteiger charge is -2.12. The van der Waals surface area contributed by atoms with Crippen LogP contribution in [0.5, 0.6) is 0 Å². The summed E-state index contributed by atoms with van der Waals surface area (Å²) in [5.41, 5.74) is 0. The molecule has 1 fully saturated rings. The molecule has 0 aromatic carbocycles. The number of carbonyl (C=O) groups is 2. The first kappa shape index (κ1) is 8.77.